The number of rotatable bonds is 3. The van der Waals surface area contributed by atoms with Crippen LogP contribution in [0.3, 0.4) is 0 Å². The van der Waals surface area contributed by atoms with Crippen LogP contribution in [0.5, 0.6) is 0 Å². The highest BCUT2D eigenvalue weighted by Crippen LogP contribution is 1.99. The van der Waals surface area contributed by atoms with Gasteiger partial charge in [0.2, 0.25) is 0 Å². The number of amides is 2. The molecule has 1 saturated heterocycles. The summed E-state index contributed by atoms with van der Waals surface area (Å²) in [5.74, 6) is 0. The van der Waals surface area contributed by atoms with Gasteiger partial charge in [-0.15, -0.1) is 0 Å². The standard InChI is InChI=1S/C11H18N4O2/c1-10(8-14-3-2-12-9-14)13-11(16)15-4-6-17-7-5-15/h2-3,9-10H,4-8H2,1H3,(H,13,16). The third-order valence-corrected chi connectivity index (χ3v) is 2.71. The first-order chi connectivity index (χ1) is 8.25. The van der Waals surface area contributed by atoms with Crippen LogP contribution in [0.25, 0.3) is 0 Å². The maximum absolute atomic E-state index is 11.9. The second-order valence-electron chi connectivity index (χ2n) is 4.21. The molecule has 6 nitrogen and oxygen atoms in total. The predicted molar refractivity (Wildman–Crippen MR) is 62.6 cm³/mol. The molecule has 0 aliphatic carbocycles. The van der Waals surface area contributed by atoms with Crippen molar-refractivity contribution < 1.29 is 9.53 Å². The lowest BCUT2D eigenvalue weighted by Crippen LogP contribution is -2.49. The van der Waals surface area contributed by atoms with Crippen LogP contribution in [0, 0.1) is 0 Å². The molecule has 1 aromatic rings. The lowest BCUT2D eigenvalue weighted by molar-refractivity contribution is 0.0525. The number of hydrogen-bond acceptors (Lipinski definition) is 3. The molecule has 2 amide bonds. The monoisotopic (exact) mass is 238 g/mol. The van der Waals surface area contributed by atoms with Gasteiger partial charge >= 0.3 is 6.03 Å². The molecule has 1 fully saturated rings. The first-order valence-corrected chi connectivity index (χ1v) is 5.84. The Labute approximate surface area is 101 Å². The van der Waals surface area contributed by atoms with E-state index in [4.69, 9.17) is 4.74 Å². The van der Waals surface area contributed by atoms with Crippen LogP contribution >= 0.6 is 0 Å². The molecule has 94 valence electrons. The molecule has 1 aliphatic heterocycles. The number of carbonyl (C=O) groups is 1. The number of nitrogens with one attached hydrogen (secondary N) is 1. The van der Waals surface area contributed by atoms with Crippen LogP contribution in [-0.4, -0.2) is 52.8 Å². The predicted octanol–water partition coefficient (Wildman–Crippen LogP) is 0.313. The zero-order chi connectivity index (χ0) is 12.1. The van der Waals surface area contributed by atoms with Gasteiger partial charge in [-0.1, -0.05) is 0 Å². The molecule has 2 rings (SSSR count). The number of carbonyl (C=O) groups excluding carboxylic acids is 1. The van der Waals surface area contributed by atoms with E-state index in [0.717, 1.165) is 6.54 Å². The summed E-state index contributed by atoms with van der Waals surface area (Å²) in [4.78, 5) is 17.6. The molecule has 1 aromatic heterocycles. The number of nitrogens with zero attached hydrogens (tertiary/aromatic N) is 3. The Morgan fingerprint density at radius 1 is 1.53 bits per heavy atom. The molecule has 0 aromatic carbocycles. The van der Waals surface area contributed by atoms with Crippen LogP contribution in [-0.2, 0) is 11.3 Å². The molecule has 1 atom stereocenters. The van der Waals surface area contributed by atoms with E-state index < -0.39 is 0 Å². The number of hydrogen-bond donors (Lipinski definition) is 1. The number of imidazole rings is 1. The van der Waals surface area contributed by atoms with E-state index in [1.54, 1.807) is 17.4 Å². The van der Waals surface area contributed by atoms with E-state index in [0.29, 0.717) is 26.3 Å². The average Bonchev–Trinajstić information content (AvgIpc) is 2.82. The van der Waals surface area contributed by atoms with Crippen molar-refractivity contribution in [3.63, 3.8) is 0 Å². The Hall–Kier alpha value is -1.56. The first kappa shape index (κ1) is 11.9. The fourth-order valence-electron chi connectivity index (χ4n) is 1.83. The van der Waals surface area contributed by atoms with Gasteiger partial charge in [0.1, 0.15) is 0 Å². The number of ether oxygens (including phenoxy) is 1. The molecule has 1 aliphatic rings. The Morgan fingerprint density at radius 2 is 2.29 bits per heavy atom. The van der Waals surface area contributed by atoms with Gasteiger partial charge in [-0.05, 0) is 6.92 Å². The van der Waals surface area contributed by atoms with Crippen LogP contribution in [0.4, 0.5) is 4.79 Å². The summed E-state index contributed by atoms with van der Waals surface area (Å²) in [6, 6.07) is 0.0699. The zero-order valence-electron chi connectivity index (χ0n) is 10.0. The molecular formula is C11H18N4O2. The van der Waals surface area contributed by atoms with E-state index in [2.05, 4.69) is 10.3 Å². The normalized spacial score (nSPS) is 17.8. The fraction of sp³-hybridized carbons (Fsp3) is 0.636. The van der Waals surface area contributed by atoms with Gasteiger partial charge in [-0.2, -0.15) is 0 Å². The summed E-state index contributed by atoms with van der Waals surface area (Å²) < 4.78 is 7.15. The number of urea groups is 1. The summed E-state index contributed by atoms with van der Waals surface area (Å²) in [6.07, 6.45) is 5.37. The van der Waals surface area contributed by atoms with E-state index in [-0.39, 0.29) is 12.1 Å². The van der Waals surface area contributed by atoms with Crippen molar-refractivity contribution in [3.05, 3.63) is 18.7 Å². The van der Waals surface area contributed by atoms with Gasteiger partial charge in [-0.3, -0.25) is 0 Å². The van der Waals surface area contributed by atoms with E-state index in [9.17, 15) is 4.79 Å². The third-order valence-electron chi connectivity index (χ3n) is 2.71. The Bertz CT molecular complexity index is 346. The largest absolute Gasteiger partial charge is 0.378 e. The topological polar surface area (TPSA) is 59.4 Å². The van der Waals surface area contributed by atoms with Crippen molar-refractivity contribution in [1.82, 2.24) is 19.8 Å². The Morgan fingerprint density at radius 3 is 2.94 bits per heavy atom. The van der Waals surface area contributed by atoms with E-state index in [1.807, 2.05) is 17.7 Å². The first-order valence-electron chi connectivity index (χ1n) is 5.84. The Balaban J connectivity index is 1.77. The van der Waals surface area contributed by atoms with Gasteiger partial charge in [0.25, 0.3) is 0 Å². The lowest BCUT2D eigenvalue weighted by atomic mass is 10.3. The fourth-order valence-corrected chi connectivity index (χ4v) is 1.83. The highest BCUT2D eigenvalue weighted by Gasteiger charge is 2.18. The molecular weight excluding hydrogens is 220 g/mol. The van der Waals surface area contributed by atoms with Gasteiger partial charge in [0, 0.05) is 38.1 Å². The number of aromatic nitrogens is 2. The maximum atomic E-state index is 11.9. The van der Waals surface area contributed by atoms with Crippen LogP contribution in [0.15, 0.2) is 18.7 Å². The number of morpholine rings is 1. The molecule has 0 radical (unpaired) electrons. The minimum Gasteiger partial charge on any atom is -0.378 e. The molecule has 17 heavy (non-hydrogen) atoms. The highest BCUT2D eigenvalue weighted by molar-refractivity contribution is 5.74. The van der Waals surface area contributed by atoms with Crippen molar-refractivity contribution in [2.45, 2.75) is 19.5 Å². The maximum Gasteiger partial charge on any atom is 0.317 e. The van der Waals surface area contributed by atoms with Crippen LogP contribution in [0.2, 0.25) is 0 Å². The SMILES string of the molecule is CC(Cn1ccnc1)NC(=O)N1CCOCC1. The highest BCUT2D eigenvalue weighted by atomic mass is 16.5. The van der Waals surface area contributed by atoms with E-state index in [1.165, 1.54) is 0 Å². The molecule has 0 saturated carbocycles. The molecule has 0 spiro atoms. The second-order valence-corrected chi connectivity index (χ2v) is 4.21. The average molecular weight is 238 g/mol. The molecule has 0 bridgehead atoms. The molecule has 1 N–H and O–H groups in total. The molecule has 1 unspecified atom stereocenters. The second kappa shape index (κ2) is 5.67. The van der Waals surface area contributed by atoms with Crippen molar-refractivity contribution in [1.29, 1.82) is 0 Å². The summed E-state index contributed by atoms with van der Waals surface area (Å²) in [5.41, 5.74) is 0. The van der Waals surface area contributed by atoms with Gasteiger partial charge in [0.05, 0.1) is 19.5 Å². The van der Waals surface area contributed by atoms with Crippen molar-refractivity contribution >= 4 is 6.03 Å². The van der Waals surface area contributed by atoms with Crippen LogP contribution in [0.1, 0.15) is 6.92 Å². The zero-order valence-corrected chi connectivity index (χ0v) is 10.0. The molecule has 2 heterocycles. The van der Waals surface area contributed by atoms with E-state index >= 15 is 0 Å². The van der Waals surface area contributed by atoms with Crippen molar-refractivity contribution in [2.75, 3.05) is 26.3 Å². The summed E-state index contributed by atoms with van der Waals surface area (Å²) in [5, 5.41) is 2.97. The Kier molecular flexibility index (Phi) is 3.98. The quantitative estimate of drug-likeness (QED) is 0.824. The van der Waals surface area contributed by atoms with Gasteiger partial charge < -0.3 is 19.5 Å². The van der Waals surface area contributed by atoms with Crippen molar-refractivity contribution in [2.24, 2.45) is 0 Å². The minimum absolute atomic E-state index is 0.0130. The van der Waals surface area contributed by atoms with Gasteiger partial charge in [-0.25, -0.2) is 9.78 Å². The third kappa shape index (κ3) is 3.45. The summed E-state index contributed by atoms with van der Waals surface area (Å²) in [7, 11) is 0. The van der Waals surface area contributed by atoms with Crippen LogP contribution < -0.4 is 5.32 Å². The molecule has 6 heteroatoms. The minimum atomic E-state index is -0.0130. The lowest BCUT2D eigenvalue weighted by Gasteiger charge is -2.28. The van der Waals surface area contributed by atoms with Crippen molar-refractivity contribution in [3.8, 4) is 0 Å². The van der Waals surface area contributed by atoms with Gasteiger partial charge in [0.15, 0.2) is 0 Å². The summed E-state index contributed by atoms with van der Waals surface area (Å²) in [6.45, 7) is 5.31. The smallest absolute Gasteiger partial charge is 0.317 e. The summed E-state index contributed by atoms with van der Waals surface area (Å²) >= 11 is 0.